The summed E-state index contributed by atoms with van der Waals surface area (Å²) in [5.74, 6) is 0.996. The zero-order valence-corrected chi connectivity index (χ0v) is 19.0. The molecule has 0 N–H and O–H groups in total. The van der Waals surface area contributed by atoms with Crippen molar-refractivity contribution >= 4 is 27.5 Å². The van der Waals surface area contributed by atoms with Crippen molar-refractivity contribution in [2.24, 2.45) is 5.92 Å². The molecule has 27 heavy (non-hydrogen) atoms. The molecule has 1 aromatic carbocycles. The number of nitrogens with zero attached hydrogens (tertiary/aromatic N) is 1. The predicted molar refractivity (Wildman–Crippen MR) is 114 cm³/mol. The van der Waals surface area contributed by atoms with Crippen LogP contribution in [0.15, 0.2) is 23.1 Å². The first-order valence-corrected chi connectivity index (χ1v) is 12.4. The quantitative estimate of drug-likeness (QED) is 0.663. The van der Waals surface area contributed by atoms with Crippen molar-refractivity contribution in [1.29, 1.82) is 0 Å². The molecule has 1 atom stereocenters. The Bertz CT molecular complexity index is 779. The van der Waals surface area contributed by atoms with Gasteiger partial charge in [0.25, 0.3) is 0 Å². The van der Waals surface area contributed by atoms with Crippen molar-refractivity contribution in [1.82, 2.24) is 4.90 Å². The number of amides is 1. The molecule has 152 valence electrons. The Kier molecular flexibility index (Phi) is 7.06. The van der Waals surface area contributed by atoms with Crippen LogP contribution in [0.25, 0.3) is 0 Å². The lowest BCUT2D eigenvalue weighted by Gasteiger charge is -2.30. The van der Waals surface area contributed by atoms with Crippen LogP contribution in [0.3, 0.4) is 0 Å². The van der Waals surface area contributed by atoms with Gasteiger partial charge in [-0.05, 0) is 41.9 Å². The van der Waals surface area contributed by atoms with Crippen LogP contribution in [0.4, 0.5) is 0 Å². The largest absolute Gasteiger partial charge is 0.338 e. The van der Waals surface area contributed by atoms with Crippen LogP contribution >= 0.6 is 11.8 Å². The second-order valence-electron chi connectivity index (χ2n) is 9.02. The van der Waals surface area contributed by atoms with Gasteiger partial charge in [-0.2, -0.15) is 0 Å². The van der Waals surface area contributed by atoms with E-state index in [0.717, 1.165) is 4.90 Å². The summed E-state index contributed by atoms with van der Waals surface area (Å²) < 4.78 is 23.7. The maximum atomic E-state index is 13.0. The average Bonchev–Trinajstić information content (AvgIpc) is 2.90. The van der Waals surface area contributed by atoms with Crippen LogP contribution in [-0.2, 0) is 20.0 Å². The van der Waals surface area contributed by atoms with E-state index in [-0.39, 0.29) is 28.9 Å². The van der Waals surface area contributed by atoms with Crippen LogP contribution in [0.2, 0.25) is 0 Å². The minimum absolute atomic E-state index is 0.0383. The van der Waals surface area contributed by atoms with Gasteiger partial charge in [0.1, 0.15) is 0 Å². The molecule has 6 heteroatoms. The fourth-order valence-electron chi connectivity index (χ4n) is 3.31. The van der Waals surface area contributed by atoms with E-state index in [2.05, 4.69) is 59.7 Å². The lowest BCUT2D eigenvalue weighted by atomic mass is 9.87. The molecule has 0 saturated carbocycles. The Morgan fingerprint density at radius 2 is 1.96 bits per heavy atom. The average molecular weight is 412 g/mol. The van der Waals surface area contributed by atoms with Crippen molar-refractivity contribution in [2.75, 3.05) is 23.8 Å². The predicted octanol–water partition coefficient (Wildman–Crippen LogP) is 4.06. The number of carbonyl (C=O) groups excluding carboxylic acids is 1. The summed E-state index contributed by atoms with van der Waals surface area (Å²) in [6.07, 6.45) is 0.560. The summed E-state index contributed by atoms with van der Waals surface area (Å²) in [6.45, 7) is 13.4. The Balaban J connectivity index is 2.12. The van der Waals surface area contributed by atoms with E-state index < -0.39 is 9.84 Å². The molecule has 4 nitrogen and oxygen atoms in total. The highest BCUT2D eigenvalue weighted by atomic mass is 32.2. The summed E-state index contributed by atoms with van der Waals surface area (Å²) in [5, 5.41) is 0. The van der Waals surface area contributed by atoms with E-state index in [9.17, 15) is 13.2 Å². The van der Waals surface area contributed by atoms with Gasteiger partial charge in [0.05, 0.1) is 17.3 Å². The number of sulfone groups is 1. The van der Waals surface area contributed by atoms with E-state index in [1.807, 2.05) is 4.90 Å². The van der Waals surface area contributed by atoms with Crippen LogP contribution in [0.1, 0.15) is 52.2 Å². The third-order valence-corrected chi connectivity index (χ3v) is 7.83. The molecule has 0 aliphatic carbocycles. The monoisotopic (exact) mass is 411 g/mol. The maximum Gasteiger partial charge on any atom is 0.233 e. The number of rotatable bonds is 6. The van der Waals surface area contributed by atoms with Crippen LogP contribution in [0.5, 0.6) is 0 Å². The highest BCUT2D eigenvalue weighted by Crippen LogP contribution is 2.30. The molecule has 0 aromatic heterocycles. The van der Waals surface area contributed by atoms with Crippen molar-refractivity contribution in [3.05, 3.63) is 29.3 Å². The normalized spacial score (nSPS) is 19.4. The lowest BCUT2D eigenvalue weighted by molar-refractivity contribution is -0.130. The molecule has 2 rings (SSSR count). The van der Waals surface area contributed by atoms with Crippen LogP contribution < -0.4 is 0 Å². The van der Waals surface area contributed by atoms with Crippen LogP contribution in [0, 0.1) is 12.8 Å². The van der Waals surface area contributed by atoms with Crippen molar-refractivity contribution in [2.45, 2.75) is 64.3 Å². The number of thioether (sulfide) groups is 1. The summed E-state index contributed by atoms with van der Waals surface area (Å²) in [4.78, 5) is 15.9. The molecular formula is C21H33NO3S2. The van der Waals surface area contributed by atoms with Gasteiger partial charge in [-0.15, -0.1) is 11.8 Å². The molecule has 1 saturated heterocycles. The van der Waals surface area contributed by atoms with Gasteiger partial charge in [-0.3, -0.25) is 4.79 Å². The fourth-order valence-corrected chi connectivity index (χ4v) is 6.00. The summed E-state index contributed by atoms with van der Waals surface area (Å²) in [5.41, 5.74) is 2.48. The van der Waals surface area contributed by atoms with Gasteiger partial charge in [-0.25, -0.2) is 8.42 Å². The number of aryl methyl sites for hydroxylation is 1. The third-order valence-electron chi connectivity index (χ3n) is 4.94. The molecule has 0 bridgehead atoms. The lowest BCUT2D eigenvalue weighted by Crippen LogP contribution is -2.44. The molecule has 1 aliphatic heterocycles. The standard InChI is InChI=1S/C21H33NO3S2/c1-15(2)12-22(18-9-10-27(24,25)14-18)20(23)13-26-19-11-17(21(4,5)6)8-7-16(19)3/h7-8,11,15,18H,9-10,12-14H2,1-6H3. The zero-order valence-electron chi connectivity index (χ0n) is 17.4. The van der Waals surface area contributed by atoms with E-state index in [1.54, 1.807) is 11.8 Å². The number of hydrogen-bond donors (Lipinski definition) is 0. The second-order valence-corrected chi connectivity index (χ2v) is 12.3. The smallest absolute Gasteiger partial charge is 0.233 e. The Labute approximate surface area is 169 Å². The third kappa shape index (κ3) is 6.24. The Morgan fingerprint density at radius 1 is 1.30 bits per heavy atom. The van der Waals surface area contributed by atoms with E-state index in [0.29, 0.717) is 24.6 Å². The number of carbonyl (C=O) groups is 1. The summed E-state index contributed by atoms with van der Waals surface area (Å²) >= 11 is 1.56. The summed E-state index contributed by atoms with van der Waals surface area (Å²) in [7, 11) is -3.01. The molecular weight excluding hydrogens is 378 g/mol. The topological polar surface area (TPSA) is 54.5 Å². The molecule has 1 unspecified atom stereocenters. The second kappa shape index (κ2) is 8.56. The fraction of sp³-hybridized carbons (Fsp3) is 0.667. The molecule has 1 heterocycles. The van der Waals surface area contributed by atoms with E-state index in [1.165, 1.54) is 11.1 Å². The highest BCUT2D eigenvalue weighted by Gasteiger charge is 2.34. The highest BCUT2D eigenvalue weighted by molar-refractivity contribution is 8.00. The molecule has 1 aromatic rings. The van der Waals surface area contributed by atoms with E-state index in [4.69, 9.17) is 0 Å². The van der Waals surface area contributed by atoms with Crippen molar-refractivity contribution in [3.8, 4) is 0 Å². The molecule has 0 radical (unpaired) electrons. The van der Waals surface area contributed by atoms with E-state index >= 15 is 0 Å². The number of hydrogen-bond acceptors (Lipinski definition) is 4. The van der Waals surface area contributed by atoms with Gasteiger partial charge in [0, 0.05) is 17.5 Å². The van der Waals surface area contributed by atoms with Gasteiger partial charge in [0.15, 0.2) is 9.84 Å². The molecule has 1 fully saturated rings. The first-order valence-electron chi connectivity index (χ1n) is 9.63. The Morgan fingerprint density at radius 3 is 2.48 bits per heavy atom. The number of benzene rings is 1. The van der Waals surface area contributed by atoms with Gasteiger partial charge >= 0.3 is 0 Å². The van der Waals surface area contributed by atoms with Crippen molar-refractivity contribution < 1.29 is 13.2 Å². The van der Waals surface area contributed by atoms with Gasteiger partial charge < -0.3 is 4.90 Å². The maximum absolute atomic E-state index is 13.0. The SMILES string of the molecule is Cc1ccc(C(C)(C)C)cc1SCC(=O)N(CC(C)C)C1CCS(=O)(=O)C1. The first kappa shape index (κ1) is 22.3. The Hall–Kier alpha value is -1.01. The van der Waals surface area contributed by atoms with Crippen molar-refractivity contribution in [3.63, 3.8) is 0 Å². The minimum Gasteiger partial charge on any atom is -0.338 e. The molecule has 1 amide bonds. The zero-order chi connectivity index (χ0) is 20.4. The first-order chi connectivity index (χ1) is 12.4. The van der Waals surface area contributed by atoms with Gasteiger partial charge in [-0.1, -0.05) is 46.8 Å². The summed E-state index contributed by atoms with van der Waals surface area (Å²) in [6, 6.07) is 6.27. The molecule has 1 aliphatic rings. The van der Waals surface area contributed by atoms with Crippen LogP contribution in [-0.4, -0.2) is 49.1 Å². The van der Waals surface area contributed by atoms with Gasteiger partial charge in [0.2, 0.25) is 5.91 Å². The minimum atomic E-state index is -3.01. The molecule has 0 spiro atoms.